The molecule has 106 valence electrons. The molecular formula is C15H20N4O. The van der Waals surface area contributed by atoms with Crippen LogP contribution in [0.3, 0.4) is 0 Å². The molecule has 4 N–H and O–H groups in total. The fourth-order valence-electron chi connectivity index (χ4n) is 2.26. The summed E-state index contributed by atoms with van der Waals surface area (Å²) in [6.07, 6.45) is 3.77. The predicted octanol–water partition coefficient (Wildman–Crippen LogP) is 1.91. The molecular weight excluding hydrogens is 252 g/mol. The number of pyridine rings is 1. The van der Waals surface area contributed by atoms with Gasteiger partial charge < -0.3 is 16.4 Å². The Hall–Kier alpha value is -2.30. The lowest BCUT2D eigenvalue weighted by molar-refractivity contribution is -0.116. The number of nitrogens with two attached hydrogens (primary N) is 2. The lowest BCUT2D eigenvalue weighted by Crippen LogP contribution is -2.35. The van der Waals surface area contributed by atoms with Crippen molar-refractivity contribution in [2.75, 3.05) is 23.7 Å². The minimum Gasteiger partial charge on any atom is -0.396 e. The van der Waals surface area contributed by atoms with E-state index in [2.05, 4.69) is 11.9 Å². The van der Waals surface area contributed by atoms with Crippen molar-refractivity contribution in [1.82, 2.24) is 4.98 Å². The molecule has 5 heteroatoms. The molecule has 5 nitrogen and oxygen atoms in total. The molecule has 0 saturated heterocycles. The SMILES string of the molecule is CCCCN(CC(N)=O)c1ccc2ncccc2c1N. The summed E-state index contributed by atoms with van der Waals surface area (Å²) in [5.41, 5.74) is 13.9. The molecule has 20 heavy (non-hydrogen) atoms. The smallest absolute Gasteiger partial charge is 0.236 e. The maximum atomic E-state index is 11.2. The van der Waals surface area contributed by atoms with Crippen LogP contribution in [0.25, 0.3) is 10.9 Å². The van der Waals surface area contributed by atoms with Gasteiger partial charge in [-0.15, -0.1) is 0 Å². The first kappa shape index (κ1) is 14.1. The number of aromatic nitrogens is 1. The standard InChI is InChI=1S/C15H20N4O/c1-2-3-9-19(10-14(16)20)13-7-6-12-11(15(13)17)5-4-8-18-12/h4-8H,2-3,9-10,17H2,1H3,(H2,16,20). The van der Waals surface area contributed by atoms with E-state index in [1.165, 1.54) is 0 Å². The van der Waals surface area contributed by atoms with Crippen molar-refractivity contribution in [3.63, 3.8) is 0 Å². The van der Waals surface area contributed by atoms with Gasteiger partial charge in [0.25, 0.3) is 0 Å². The van der Waals surface area contributed by atoms with Crippen molar-refractivity contribution < 1.29 is 4.79 Å². The Morgan fingerprint density at radius 3 is 2.85 bits per heavy atom. The fraction of sp³-hybridized carbons (Fsp3) is 0.333. The minimum absolute atomic E-state index is 0.177. The number of benzene rings is 1. The van der Waals surface area contributed by atoms with E-state index in [1.54, 1.807) is 6.20 Å². The number of hydrogen-bond donors (Lipinski definition) is 2. The van der Waals surface area contributed by atoms with Gasteiger partial charge in [-0.25, -0.2) is 0 Å². The maximum Gasteiger partial charge on any atom is 0.236 e. The number of nitrogen functional groups attached to an aromatic ring is 1. The van der Waals surface area contributed by atoms with Gasteiger partial charge in [0, 0.05) is 18.1 Å². The molecule has 0 fully saturated rings. The number of carbonyl (C=O) groups excluding carboxylic acids is 1. The van der Waals surface area contributed by atoms with E-state index in [4.69, 9.17) is 11.5 Å². The second-order valence-corrected chi connectivity index (χ2v) is 4.81. The number of unbranched alkanes of at least 4 members (excludes halogenated alkanes) is 1. The van der Waals surface area contributed by atoms with Crippen molar-refractivity contribution in [3.05, 3.63) is 30.5 Å². The summed E-state index contributed by atoms with van der Waals surface area (Å²) in [6, 6.07) is 7.61. The Morgan fingerprint density at radius 1 is 1.35 bits per heavy atom. The molecule has 0 aliphatic carbocycles. The molecule has 0 atom stereocenters. The molecule has 0 bridgehead atoms. The molecule has 0 aliphatic rings. The number of nitrogens with zero attached hydrogens (tertiary/aromatic N) is 2. The van der Waals surface area contributed by atoms with Crippen LogP contribution in [0.2, 0.25) is 0 Å². The van der Waals surface area contributed by atoms with E-state index in [0.29, 0.717) is 5.69 Å². The zero-order valence-electron chi connectivity index (χ0n) is 11.7. The Morgan fingerprint density at radius 2 is 2.15 bits per heavy atom. The number of fused-ring (bicyclic) bond motifs is 1. The Labute approximate surface area is 118 Å². The van der Waals surface area contributed by atoms with Gasteiger partial charge in [0.2, 0.25) is 5.91 Å². The zero-order chi connectivity index (χ0) is 14.5. The average Bonchev–Trinajstić information content (AvgIpc) is 2.44. The third-order valence-electron chi connectivity index (χ3n) is 3.27. The van der Waals surface area contributed by atoms with E-state index in [0.717, 1.165) is 36.0 Å². The van der Waals surface area contributed by atoms with E-state index >= 15 is 0 Å². The van der Waals surface area contributed by atoms with Crippen LogP contribution in [0, 0.1) is 0 Å². The van der Waals surface area contributed by atoms with Gasteiger partial charge in [0.05, 0.1) is 23.4 Å². The summed E-state index contributed by atoms with van der Waals surface area (Å²) in [7, 11) is 0. The largest absolute Gasteiger partial charge is 0.396 e. The van der Waals surface area contributed by atoms with Crippen molar-refractivity contribution >= 4 is 28.2 Å². The van der Waals surface area contributed by atoms with Crippen LogP contribution >= 0.6 is 0 Å². The van der Waals surface area contributed by atoms with Crippen molar-refractivity contribution in [2.24, 2.45) is 5.73 Å². The third kappa shape index (κ3) is 2.99. The Bertz CT molecular complexity index is 612. The van der Waals surface area contributed by atoms with Gasteiger partial charge in [-0.1, -0.05) is 13.3 Å². The molecule has 0 spiro atoms. The van der Waals surface area contributed by atoms with E-state index in [9.17, 15) is 4.79 Å². The summed E-state index contributed by atoms with van der Waals surface area (Å²) in [4.78, 5) is 17.5. The van der Waals surface area contributed by atoms with Crippen LogP contribution < -0.4 is 16.4 Å². The number of amides is 1. The summed E-state index contributed by atoms with van der Waals surface area (Å²) in [5.74, 6) is -0.355. The monoisotopic (exact) mass is 272 g/mol. The van der Waals surface area contributed by atoms with Gasteiger partial charge >= 0.3 is 0 Å². The van der Waals surface area contributed by atoms with E-state index in [-0.39, 0.29) is 12.5 Å². The molecule has 2 aromatic rings. The predicted molar refractivity (Wildman–Crippen MR) is 82.5 cm³/mol. The number of anilines is 2. The normalized spacial score (nSPS) is 10.7. The minimum atomic E-state index is -0.355. The summed E-state index contributed by atoms with van der Waals surface area (Å²) < 4.78 is 0. The van der Waals surface area contributed by atoms with Crippen LogP contribution in [0.4, 0.5) is 11.4 Å². The average molecular weight is 272 g/mol. The fourth-order valence-corrected chi connectivity index (χ4v) is 2.26. The molecule has 0 unspecified atom stereocenters. The van der Waals surface area contributed by atoms with Crippen molar-refractivity contribution in [3.8, 4) is 0 Å². The van der Waals surface area contributed by atoms with E-state index < -0.39 is 0 Å². The van der Waals surface area contributed by atoms with Crippen LogP contribution in [0.15, 0.2) is 30.5 Å². The molecule has 1 aromatic heterocycles. The first-order valence-corrected chi connectivity index (χ1v) is 6.80. The highest BCUT2D eigenvalue weighted by Gasteiger charge is 2.14. The number of primary amides is 1. The number of rotatable bonds is 6. The lowest BCUT2D eigenvalue weighted by Gasteiger charge is -2.25. The van der Waals surface area contributed by atoms with Gasteiger partial charge in [0.15, 0.2) is 0 Å². The number of carbonyl (C=O) groups is 1. The first-order chi connectivity index (χ1) is 9.63. The van der Waals surface area contributed by atoms with Crippen LogP contribution in [-0.4, -0.2) is 24.0 Å². The van der Waals surface area contributed by atoms with Crippen LogP contribution in [0.5, 0.6) is 0 Å². The van der Waals surface area contributed by atoms with Crippen LogP contribution in [-0.2, 0) is 4.79 Å². The Kier molecular flexibility index (Phi) is 4.40. The summed E-state index contributed by atoms with van der Waals surface area (Å²) >= 11 is 0. The highest BCUT2D eigenvalue weighted by Crippen LogP contribution is 2.30. The van der Waals surface area contributed by atoms with Crippen molar-refractivity contribution in [1.29, 1.82) is 0 Å². The van der Waals surface area contributed by atoms with Crippen molar-refractivity contribution in [2.45, 2.75) is 19.8 Å². The highest BCUT2D eigenvalue weighted by molar-refractivity contribution is 5.97. The quantitative estimate of drug-likeness (QED) is 0.787. The maximum absolute atomic E-state index is 11.2. The molecule has 1 amide bonds. The summed E-state index contributed by atoms with van der Waals surface area (Å²) in [5, 5.41) is 0.899. The van der Waals surface area contributed by atoms with Gasteiger partial charge in [-0.05, 0) is 30.7 Å². The van der Waals surface area contributed by atoms with Gasteiger partial charge in [-0.3, -0.25) is 9.78 Å². The van der Waals surface area contributed by atoms with E-state index in [1.807, 2.05) is 29.2 Å². The lowest BCUT2D eigenvalue weighted by atomic mass is 10.1. The highest BCUT2D eigenvalue weighted by atomic mass is 16.1. The Balaban J connectivity index is 2.41. The van der Waals surface area contributed by atoms with Crippen LogP contribution in [0.1, 0.15) is 19.8 Å². The second-order valence-electron chi connectivity index (χ2n) is 4.81. The second kappa shape index (κ2) is 6.23. The molecule has 1 heterocycles. The molecule has 2 rings (SSSR count). The van der Waals surface area contributed by atoms with Gasteiger partial charge in [0.1, 0.15) is 0 Å². The third-order valence-corrected chi connectivity index (χ3v) is 3.27. The molecule has 0 radical (unpaired) electrons. The summed E-state index contributed by atoms with van der Waals surface area (Å²) in [6.45, 7) is 3.04. The van der Waals surface area contributed by atoms with Gasteiger partial charge in [-0.2, -0.15) is 0 Å². The topological polar surface area (TPSA) is 85.2 Å². The number of hydrogen-bond acceptors (Lipinski definition) is 4. The molecule has 0 saturated carbocycles. The zero-order valence-corrected chi connectivity index (χ0v) is 11.7. The molecule has 0 aliphatic heterocycles. The first-order valence-electron chi connectivity index (χ1n) is 6.80. The molecule has 1 aromatic carbocycles.